The van der Waals surface area contributed by atoms with Crippen molar-refractivity contribution in [2.45, 2.75) is 59.3 Å². The molecule has 342 valence electrons. The van der Waals surface area contributed by atoms with Gasteiger partial charge >= 0.3 is 17.9 Å². The number of ether oxygens (including phenoxy) is 5. The summed E-state index contributed by atoms with van der Waals surface area (Å²) in [6.07, 6.45) is 9.77. The second-order valence-corrected chi connectivity index (χ2v) is 15.3. The number of amides is 3. The Morgan fingerprint density at radius 1 is 0.532 bits per heavy atom. The van der Waals surface area contributed by atoms with Crippen molar-refractivity contribution in [2.75, 3.05) is 85.1 Å². The van der Waals surface area contributed by atoms with Gasteiger partial charge < -0.3 is 28.8 Å². The highest BCUT2D eigenvalue weighted by molar-refractivity contribution is 7.99. The number of thioether (sulfide) groups is 3. The first-order valence-corrected chi connectivity index (χ1v) is 23.9. The van der Waals surface area contributed by atoms with Crippen LogP contribution in [0.1, 0.15) is 59.3 Å². The minimum atomic E-state index is -0.711. The largest absolute Gasteiger partial charge is 0.482 e. The van der Waals surface area contributed by atoms with Gasteiger partial charge in [-0.3, -0.25) is 43.5 Å². The molecule has 62 heavy (non-hydrogen) atoms. The van der Waals surface area contributed by atoms with Crippen LogP contribution in [-0.4, -0.2) is 111 Å². The molecule has 0 aromatic heterocycles. The van der Waals surface area contributed by atoms with Crippen molar-refractivity contribution in [1.82, 2.24) is 0 Å². The van der Waals surface area contributed by atoms with Crippen molar-refractivity contribution in [1.29, 1.82) is 0 Å². The van der Waals surface area contributed by atoms with Gasteiger partial charge in [0.2, 0.25) is 0 Å². The Bertz CT molecular complexity index is 1650. The zero-order valence-corrected chi connectivity index (χ0v) is 39.4. The van der Waals surface area contributed by atoms with Crippen LogP contribution >= 0.6 is 35.3 Å². The topological polar surface area (TPSA) is 179 Å². The molecular formula is C44H61N3O12S3. The highest BCUT2D eigenvalue weighted by atomic mass is 32.2. The molecular weight excluding hydrogens is 859 g/mol. The van der Waals surface area contributed by atoms with Crippen molar-refractivity contribution in [3.8, 4) is 17.2 Å². The fraction of sp³-hybridized carbons (Fsp3) is 0.455. The van der Waals surface area contributed by atoms with E-state index < -0.39 is 5.97 Å². The third-order valence-corrected chi connectivity index (χ3v) is 9.58. The molecule has 3 amide bonds. The zero-order valence-electron chi connectivity index (χ0n) is 36.9. The van der Waals surface area contributed by atoms with E-state index in [1.807, 2.05) is 112 Å². The average Bonchev–Trinajstić information content (AvgIpc) is 3.28. The van der Waals surface area contributed by atoms with Gasteiger partial charge in [0.05, 0.1) is 48.9 Å². The van der Waals surface area contributed by atoms with Gasteiger partial charge in [-0.1, -0.05) is 57.2 Å². The summed E-state index contributed by atoms with van der Waals surface area (Å²) in [6, 6.07) is 22.8. The van der Waals surface area contributed by atoms with Gasteiger partial charge in [-0.2, -0.15) is 0 Å². The smallest absolute Gasteiger partial charge is 0.305 e. The van der Waals surface area contributed by atoms with Gasteiger partial charge in [0.25, 0.3) is 17.7 Å². The number of hydrogen-bond acceptors (Lipinski definition) is 14. The van der Waals surface area contributed by atoms with Crippen LogP contribution in [0.4, 0.5) is 17.1 Å². The number of anilines is 3. The van der Waals surface area contributed by atoms with Crippen LogP contribution in [0.5, 0.6) is 17.2 Å². The van der Waals surface area contributed by atoms with Gasteiger partial charge in [-0.15, -0.1) is 35.3 Å². The summed E-state index contributed by atoms with van der Waals surface area (Å²) in [7, 11) is 2.80. The van der Waals surface area contributed by atoms with Crippen LogP contribution in [-0.2, 0) is 38.2 Å². The third-order valence-electron chi connectivity index (χ3n) is 8.03. The molecule has 0 fully saturated rings. The number of aliphatic carboxylic acids is 1. The predicted octanol–water partition coefficient (Wildman–Crippen LogP) is 7.99. The molecule has 0 aliphatic carbocycles. The lowest BCUT2D eigenvalue weighted by Crippen LogP contribution is -2.38. The van der Waals surface area contributed by atoms with Crippen LogP contribution in [0, 0.1) is 0 Å². The summed E-state index contributed by atoms with van der Waals surface area (Å²) in [5.41, 5.74) is 2.62. The Morgan fingerprint density at radius 2 is 0.806 bits per heavy atom. The maximum Gasteiger partial charge on any atom is 0.305 e. The van der Waals surface area contributed by atoms with E-state index in [0.717, 1.165) is 53.6 Å². The minimum absolute atomic E-state index is 0.0260. The van der Waals surface area contributed by atoms with Crippen molar-refractivity contribution in [3.05, 3.63) is 72.8 Å². The first kappa shape index (κ1) is 54.9. The molecule has 0 unspecified atom stereocenters. The molecule has 3 aliphatic heterocycles. The van der Waals surface area contributed by atoms with Crippen LogP contribution in [0.3, 0.4) is 0 Å². The summed E-state index contributed by atoms with van der Waals surface area (Å²) < 4.78 is 24.6. The molecule has 3 heterocycles. The molecule has 0 atom stereocenters. The predicted molar refractivity (Wildman–Crippen MR) is 250 cm³/mol. The molecule has 3 aromatic rings. The molecule has 0 saturated carbocycles. The van der Waals surface area contributed by atoms with Gasteiger partial charge in [0.1, 0.15) is 17.2 Å². The Morgan fingerprint density at radius 3 is 1.00 bits per heavy atom. The van der Waals surface area contributed by atoms with Gasteiger partial charge in [-0.25, -0.2) is 0 Å². The minimum Gasteiger partial charge on any atom is -0.482 e. The number of carboxylic acids is 1. The second kappa shape index (κ2) is 32.6. The fourth-order valence-corrected chi connectivity index (χ4v) is 6.72. The van der Waals surface area contributed by atoms with Gasteiger partial charge in [0.15, 0.2) is 19.8 Å². The lowest BCUT2D eigenvalue weighted by Gasteiger charge is -2.28. The quantitative estimate of drug-likeness (QED) is 0.173. The number of esters is 2. The van der Waals surface area contributed by atoms with Crippen molar-refractivity contribution >= 4 is 88.0 Å². The maximum absolute atomic E-state index is 11.5. The molecule has 0 spiro atoms. The first-order valence-electron chi connectivity index (χ1n) is 19.8. The third kappa shape index (κ3) is 20.2. The van der Waals surface area contributed by atoms with E-state index >= 15 is 0 Å². The molecule has 1 N–H and O–H groups in total. The summed E-state index contributed by atoms with van der Waals surface area (Å²) >= 11 is 4.88. The van der Waals surface area contributed by atoms with E-state index in [-0.39, 0.29) is 49.5 Å². The number of para-hydroxylation sites is 6. The Hall–Kier alpha value is -5.07. The van der Waals surface area contributed by atoms with E-state index in [1.165, 1.54) is 14.2 Å². The second-order valence-electron chi connectivity index (χ2n) is 12.8. The fourth-order valence-electron chi connectivity index (χ4n) is 5.10. The summed E-state index contributed by atoms with van der Waals surface area (Å²) in [4.78, 5) is 69.8. The van der Waals surface area contributed by atoms with Gasteiger partial charge in [-0.05, 0) is 74.4 Å². The summed E-state index contributed by atoms with van der Waals surface area (Å²) in [6.45, 7) is 6.18. The van der Waals surface area contributed by atoms with E-state index in [0.29, 0.717) is 36.9 Å². The molecule has 3 aliphatic rings. The number of carbonyl (C=O) groups excluding carboxylic acids is 5. The SMILES string of the molecule is CCCC(=O)O.CCCC(=O)OC.CCCC(=O)OC.CSCN1C(=O)COc2ccccc21.CSCN1C(=O)COc2ccccc21.CSCN1C(=O)COc2ccccc21. The molecule has 0 bridgehead atoms. The van der Waals surface area contributed by atoms with Crippen molar-refractivity contribution in [2.24, 2.45) is 0 Å². The summed E-state index contributed by atoms with van der Waals surface area (Å²) in [5.74, 6) is 3.54. The van der Waals surface area contributed by atoms with Crippen molar-refractivity contribution < 1.29 is 57.6 Å². The molecule has 6 rings (SSSR count). The van der Waals surface area contributed by atoms with Crippen LogP contribution in [0.25, 0.3) is 0 Å². The number of carbonyl (C=O) groups is 6. The van der Waals surface area contributed by atoms with Crippen LogP contribution in [0.2, 0.25) is 0 Å². The highest BCUT2D eigenvalue weighted by Crippen LogP contribution is 2.34. The van der Waals surface area contributed by atoms with Crippen molar-refractivity contribution in [3.63, 3.8) is 0 Å². The first-order chi connectivity index (χ1) is 29.9. The number of fused-ring (bicyclic) bond motifs is 3. The Balaban J connectivity index is 0.000000386. The number of hydrogen-bond donors (Lipinski definition) is 1. The maximum atomic E-state index is 11.5. The van der Waals surface area contributed by atoms with E-state index in [9.17, 15) is 28.8 Å². The number of nitrogens with zero attached hydrogens (tertiary/aromatic N) is 3. The number of benzene rings is 3. The average molecular weight is 920 g/mol. The van der Waals surface area contributed by atoms with E-state index in [1.54, 1.807) is 50.0 Å². The van der Waals surface area contributed by atoms with Crippen LogP contribution in [0.15, 0.2) is 72.8 Å². The number of carboxylic acid groups (broad SMARTS) is 1. The normalized spacial score (nSPS) is 12.8. The number of methoxy groups -OCH3 is 2. The van der Waals surface area contributed by atoms with E-state index in [2.05, 4.69) is 9.47 Å². The van der Waals surface area contributed by atoms with Crippen LogP contribution < -0.4 is 28.9 Å². The highest BCUT2D eigenvalue weighted by Gasteiger charge is 2.26. The lowest BCUT2D eigenvalue weighted by molar-refractivity contribution is -0.141. The molecule has 18 heteroatoms. The molecule has 3 aromatic carbocycles. The Kier molecular flexibility index (Phi) is 28.9. The molecule has 0 radical (unpaired) electrons. The number of rotatable bonds is 12. The van der Waals surface area contributed by atoms with Gasteiger partial charge in [0, 0.05) is 19.3 Å². The standard InChI is InChI=1S/3C10H11NO2S.2C5H10O2.C4H8O2/c3*1-14-7-11-8-4-2-3-5-9(8)13-6-10(11)12;2*1-3-4-5(6)7-2;1-2-3-4(5)6/h3*2-5H,6-7H2,1H3;2*3-4H2,1-2H3;2-3H2,1H3,(H,5,6). The monoisotopic (exact) mass is 919 g/mol. The summed E-state index contributed by atoms with van der Waals surface area (Å²) in [5, 5.41) is 7.91. The van der Waals surface area contributed by atoms with E-state index in [4.69, 9.17) is 19.3 Å². The molecule has 0 saturated heterocycles. The Labute approximate surface area is 378 Å². The molecule has 15 nitrogen and oxygen atoms in total. The zero-order chi connectivity index (χ0) is 46.3. The lowest BCUT2D eigenvalue weighted by atomic mass is 10.2.